The lowest BCUT2D eigenvalue weighted by molar-refractivity contribution is 0.00280. The summed E-state index contributed by atoms with van der Waals surface area (Å²) in [5.74, 6) is -0.897. The van der Waals surface area contributed by atoms with Crippen LogP contribution in [0.4, 0.5) is 20.7 Å². The van der Waals surface area contributed by atoms with Crippen molar-refractivity contribution in [1.82, 2.24) is 14.7 Å². The Morgan fingerprint density at radius 1 is 1.26 bits per heavy atom. The van der Waals surface area contributed by atoms with E-state index in [1.165, 1.54) is 24.3 Å². The molecule has 0 radical (unpaired) electrons. The zero-order valence-corrected chi connectivity index (χ0v) is 20.3. The third kappa shape index (κ3) is 5.24. The molecule has 2 aliphatic rings. The number of nitrogens with one attached hydrogen (secondary N) is 1. The van der Waals surface area contributed by atoms with Crippen LogP contribution in [0.3, 0.4) is 0 Å². The molecular formula is C25H31FN6O3. The molecule has 2 fully saturated rings. The van der Waals surface area contributed by atoms with E-state index in [1.807, 2.05) is 20.8 Å². The van der Waals surface area contributed by atoms with Gasteiger partial charge < -0.3 is 20.7 Å². The van der Waals surface area contributed by atoms with Crippen molar-refractivity contribution in [3.63, 3.8) is 0 Å². The number of carbonyl (C=O) groups excluding carboxylic acids is 2. The van der Waals surface area contributed by atoms with E-state index in [1.54, 1.807) is 15.8 Å². The van der Waals surface area contributed by atoms with Gasteiger partial charge in [0.15, 0.2) is 5.82 Å². The van der Waals surface area contributed by atoms with Crippen molar-refractivity contribution in [1.29, 1.82) is 5.26 Å². The number of hydrogen-bond donors (Lipinski definition) is 2. The summed E-state index contributed by atoms with van der Waals surface area (Å²) in [6.45, 7) is 6.26. The third-order valence-corrected chi connectivity index (χ3v) is 6.64. The molecule has 35 heavy (non-hydrogen) atoms. The van der Waals surface area contributed by atoms with Gasteiger partial charge in [0.25, 0.3) is 5.91 Å². The quantitative estimate of drug-likeness (QED) is 0.637. The minimum atomic E-state index is -0.707. The highest BCUT2D eigenvalue weighted by molar-refractivity contribution is 5.98. The first-order valence-electron chi connectivity index (χ1n) is 11.8. The number of ether oxygens (including phenoxy) is 1. The van der Waals surface area contributed by atoms with Gasteiger partial charge in [0.1, 0.15) is 17.0 Å². The van der Waals surface area contributed by atoms with Crippen molar-refractivity contribution >= 4 is 23.5 Å². The van der Waals surface area contributed by atoms with E-state index < -0.39 is 17.0 Å². The van der Waals surface area contributed by atoms with Gasteiger partial charge in [0.05, 0.1) is 17.5 Å². The summed E-state index contributed by atoms with van der Waals surface area (Å²) in [7, 11) is 0. The molecule has 4 rings (SSSR count). The van der Waals surface area contributed by atoms with E-state index in [0.717, 1.165) is 12.8 Å². The second kappa shape index (κ2) is 9.21. The molecule has 2 aromatic rings. The molecule has 3 N–H and O–H groups in total. The van der Waals surface area contributed by atoms with Crippen LogP contribution in [0.2, 0.25) is 0 Å². The smallest absolute Gasteiger partial charge is 0.410 e. The molecule has 0 bridgehead atoms. The SMILES string of the molecule is CC(C)(C)OC(=O)N1CCC(C(C#N)C2CC2)(n2cc(C(N)=O)c(Nc3ccc(F)cc3)n2)CC1. The maximum Gasteiger partial charge on any atom is 0.410 e. The molecule has 1 atom stereocenters. The van der Waals surface area contributed by atoms with Gasteiger partial charge in [-0.2, -0.15) is 10.4 Å². The Morgan fingerprint density at radius 3 is 2.40 bits per heavy atom. The van der Waals surface area contributed by atoms with Gasteiger partial charge in [0.2, 0.25) is 0 Å². The Balaban J connectivity index is 1.66. The van der Waals surface area contributed by atoms with Crippen LogP contribution in [0.1, 0.15) is 56.8 Å². The number of likely N-dealkylation sites (tertiary alicyclic amines) is 1. The maximum atomic E-state index is 13.3. The van der Waals surface area contributed by atoms with Crippen molar-refractivity contribution in [3.8, 4) is 6.07 Å². The Kier molecular flexibility index (Phi) is 6.45. The minimum absolute atomic E-state index is 0.177. The highest BCUT2D eigenvalue weighted by Crippen LogP contribution is 2.49. The number of amides is 2. The number of benzene rings is 1. The lowest BCUT2D eigenvalue weighted by Crippen LogP contribution is -2.53. The Hall–Kier alpha value is -3.61. The number of primary amides is 1. The molecule has 1 aromatic carbocycles. The van der Waals surface area contributed by atoms with Crippen LogP contribution in [0.15, 0.2) is 30.5 Å². The van der Waals surface area contributed by atoms with Crippen LogP contribution in [0.25, 0.3) is 0 Å². The van der Waals surface area contributed by atoms with Crippen molar-refractivity contribution in [3.05, 3.63) is 41.8 Å². The van der Waals surface area contributed by atoms with E-state index in [4.69, 9.17) is 10.5 Å². The van der Waals surface area contributed by atoms with Crippen LogP contribution < -0.4 is 11.1 Å². The first-order chi connectivity index (χ1) is 16.5. The maximum absolute atomic E-state index is 13.3. The van der Waals surface area contributed by atoms with Crippen molar-refractivity contribution in [2.75, 3.05) is 18.4 Å². The standard InChI is InChI=1S/C25H31FN6O3/c1-24(2,3)35-23(34)31-12-10-25(11-13-31,20(14-27)16-4-5-16)32-15-19(21(28)33)22(30-32)29-18-8-6-17(26)7-9-18/h6-9,15-16,20H,4-5,10-13H2,1-3H3,(H2,28,33)(H,29,30). The Labute approximate surface area is 204 Å². The Bertz CT molecular complexity index is 1140. The zero-order valence-electron chi connectivity index (χ0n) is 20.3. The van der Waals surface area contributed by atoms with E-state index in [2.05, 4.69) is 16.5 Å². The van der Waals surface area contributed by atoms with Crippen molar-refractivity contribution < 1.29 is 18.7 Å². The summed E-state index contributed by atoms with van der Waals surface area (Å²) in [6.07, 6.45) is 4.08. The number of aromatic nitrogens is 2. The first-order valence-corrected chi connectivity index (χ1v) is 11.8. The molecule has 10 heteroatoms. The zero-order chi connectivity index (χ0) is 25.4. The van der Waals surface area contributed by atoms with Crippen molar-refractivity contribution in [2.45, 2.75) is 57.6 Å². The Morgan fingerprint density at radius 2 is 1.89 bits per heavy atom. The molecular weight excluding hydrogens is 451 g/mol. The molecule has 1 unspecified atom stereocenters. The molecule has 1 saturated carbocycles. The minimum Gasteiger partial charge on any atom is -0.444 e. The third-order valence-electron chi connectivity index (χ3n) is 6.64. The molecule has 1 saturated heterocycles. The van der Waals surface area contributed by atoms with Crippen molar-refractivity contribution in [2.24, 2.45) is 17.6 Å². The van der Waals surface area contributed by atoms with Gasteiger partial charge in [-0.05, 0) is 76.6 Å². The average molecular weight is 483 g/mol. The molecule has 1 aliphatic carbocycles. The van der Waals surface area contributed by atoms with Gasteiger partial charge in [-0.25, -0.2) is 9.18 Å². The lowest BCUT2D eigenvalue weighted by Gasteiger charge is -2.44. The van der Waals surface area contributed by atoms with Gasteiger partial charge in [-0.15, -0.1) is 0 Å². The fourth-order valence-corrected chi connectivity index (χ4v) is 4.72. The first kappa shape index (κ1) is 24.5. The second-order valence-electron chi connectivity index (χ2n) is 10.3. The number of anilines is 2. The highest BCUT2D eigenvalue weighted by atomic mass is 19.1. The monoisotopic (exact) mass is 482 g/mol. The van der Waals surface area contributed by atoms with Crippen LogP contribution >= 0.6 is 0 Å². The average Bonchev–Trinajstić information content (AvgIpc) is 3.53. The predicted octanol–water partition coefficient (Wildman–Crippen LogP) is 4.14. The fraction of sp³-hybridized carbons (Fsp3) is 0.520. The lowest BCUT2D eigenvalue weighted by atomic mass is 9.74. The van der Waals surface area contributed by atoms with Crippen LogP contribution in [0.5, 0.6) is 0 Å². The van der Waals surface area contributed by atoms with E-state index >= 15 is 0 Å². The van der Waals surface area contributed by atoms with Crippen LogP contribution in [-0.2, 0) is 10.3 Å². The normalized spacial score (nSPS) is 18.4. The summed E-state index contributed by atoms with van der Waals surface area (Å²) in [5.41, 5.74) is 5.07. The number of piperidine rings is 1. The number of nitrogens with two attached hydrogens (primary N) is 1. The van der Waals surface area contributed by atoms with Gasteiger partial charge >= 0.3 is 6.09 Å². The second-order valence-corrected chi connectivity index (χ2v) is 10.3. The molecule has 186 valence electrons. The number of carbonyl (C=O) groups is 2. The molecule has 2 amide bonds. The molecule has 0 spiro atoms. The fourth-order valence-electron chi connectivity index (χ4n) is 4.72. The summed E-state index contributed by atoms with van der Waals surface area (Å²) in [4.78, 5) is 26.6. The summed E-state index contributed by atoms with van der Waals surface area (Å²) in [6, 6.07) is 8.17. The number of rotatable bonds is 6. The molecule has 9 nitrogen and oxygen atoms in total. The largest absolute Gasteiger partial charge is 0.444 e. The summed E-state index contributed by atoms with van der Waals surface area (Å²) in [5, 5.41) is 17.9. The van der Waals surface area contributed by atoms with Crippen LogP contribution in [-0.4, -0.2) is 45.4 Å². The van der Waals surface area contributed by atoms with E-state index in [0.29, 0.717) is 31.6 Å². The van der Waals surface area contributed by atoms with E-state index in [9.17, 15) is 19.2 Å². The summed E-state index contributed by atoms with van der Waals surface area (Å²) < 4.78 is 20.6. The molecule has 1 aromatic heterocycles. The highest BCUT2D eigenvalue weighted by Gasteiger charge is 2.51. The van der Waals surface area contributed by atoms with Gasteiger partial charge in [-0.1, -0.05) is 0 Å². The number of halogens is 1. The van der Waals surface area contributed by atoms with E-state index in [-0.39, 0.29) is 35.1 Å². The molecule has 1 aliphatic heterocycles. The van der Waals surface area contributed by atoms with Gasteiger partial charge in [0, 0.05) is 25.0 Å². The topological polar surface area (TPSA) is 126 Å². The van der Waals surface area contributed by atoms with Crippen LogP contribution in [0, 0.1) is 29.0 Å². The molecule has 2 heterocycles. The number of nitriles is 1. The number of nitrogens with zero attached hydrogens (tertiary/aromatic N) is 4. The number of hydrogen-bond acceptors (Lipinski definition) is 6. The summed E-state index contributed by atoms with van der Waals surface area (Å²) >= 11 is 0. The predicted molar refractivity (Wildman–Crippen MR) is 127 cm³/mol. The van der Waals surface area contributed by atoms with Gasteiger partial charge in [-0.3, -0.25) is 9.48 Å².